The quantitative estimate of drug-likeness (QED) is 0.177. The highest BCUT2D eigenvalue weighted by Crippen LogP contribution is 2.17. The molecule has 29 heavy (non-hydrogen) atoms. The number of anilines is 1. The Hall–Kier alpha value is -3.37. The molecule has 0 radical (unpaired) electrons. The number of pyridine rings is 1. The van der Waals surface area contributed by atoms with Gasteiger partial charge in [0.05, 0.1) is 29.7 Å². The van der Waals surface area contributed by atoms with Gasteiger partial charge >= 0.3 is 5.97 Å². The van der Waals surface area contributed by atoms with E-state index in [1.165, 1.54) is 12.4 Å². The van der Waals surface area contributed by atoms with E-state index in [2.05, 4.69) is 20.7 Å². The van der Waals surface area contributed by atoms with E-state index in [9.17, 15) is 9.59 Å². The molecule has 2 aromatic rings. The number of hydrogen-bond donors (Lipinski definition) is 5. The van der Waals surface area contributed by atoms with Crippen LogP contribution in [0.1, 0.15) is 30.0 Å². The Morgan fingerprint density at radius 3 is 2.66 bits per heavy atom. The summed E-state index contributed by atoms with van der Waals surface area (Å²) in [6, 6.07) is 8.88. The number of nitrogens with zero attached hydrogens (tertiary/aromatic N) is 2. The summed E-state index contributed by atoms with van der Waals surface area (Å²) >= 11 is 5.30. The third-order valence-electron chi connectivity index (χ3n) is 3.97. The maximum Gasteiger partial charge on any atom is 0.305 e. The largest absolute Gasteiger partial charge is 0.481 e. The van der Waals surface area contributed by atoms with Crippen molar-refractivity contribution in [2.24, 2.45) is 16.7 Å². The molecule has 10 heteroatoms. The zero-order chi connectivity index (χ0) is 21.2. The lowest BCUT2D eigenvalue weighted by Crippen LogP contribution is -2.44. The summed E-state index contributed by atoms with van der Waals surface area (Å²) in [7, 11) is 0. The lowest BCUT2D eigenvalue weighted by Gasteiger charge is -2.20. The van der Waals surface area contributed by atoms with Crippen molar-refractivity contribution in [2.75, 3.05) is 5.32 Å². The molecule has 0 saturated carbocycles. The van der Waals surface area contributed by atoms with Gasteiger partial charge in [-0.1, -0.05) is 36.5 Å². The van der Waals surface area contributed by atoms with E-state index in [0.717, 1.165) is 5.56 Å². The minimum absolute atomic E-state index is 0.0715. The van der Waals surface area contributed by atoms with Crippen molar-refractivity contribution >= 4 is 41.0 Å². The molecule has 0 aliphatic carbocycles. The summed E-state index contributed by atoms with van der Waals surface area (Å²) in [6.07, 6.45) is 4.32. The Bertz CT molecular complexity index is 891. The van der Waals surface area contributed by atoms with E-state index < -0.39 is 24.0 Å². The fraction of sp³-hybridized carbons (Fsp3) is 0.211. The number of thiocarbonyl (C=S) groups is 1. The highest BCUT2D eigenvalue weighted by atomic mass is 32.1. The molecule has 1 heterocycles. The van der Waals surface area contributed by atoms with Crippen LogP contribution in [0, 0.1) is 0 Å². The molecule has 0 spiro atoms. The van der Waals surface area contributed by atoms with Gasteiger partial charge in [0.25, 0.3) is 0 Å². The number of hydrogen-bond acceptors (Lipinski definition) is 7. The molecule has 0 fully saturated rings. The second kappa shape index (κ2) is 10.8. The molecule has 0 aliphatic heterocycles. The third kappa shape index (κ3) is 6.94. The van der Waals surface area contributed by atoms with Crippen LogP contribution in [0.4, 0.5) is 5.69 Å². The van der Waals surface area contributed by atoms with Gasteiger partial charge in [0.1, 0.15) is 0 Å². The Kier molecular flexibility index (Phi) is 8.19. The molecule has 7 N–H and O–H groups in total. The molecule has 152 valence electrons. The highest BCUT2D eigenvalue weighted by molar-refractivity contribution is 7.80. The first-order valence-electron chi connectivity index (χ1n) is 8.70. The van der Waals surface area contributed by atoms with E-state index in [0.29, 0.717) is 16.2 Å². The van der Waals surface area contributed by atoms with Gasteiger partial charge in [0.15, 0.2) is 0 Å². The molecule has 1 aromatic heterocycles. The Labute approximate surface area is 173 Å². The predicted molar refractivity (Wildman–Crippen MR) is 114 cm³/mol. The van der Waals surface area contributed by atoms with Gasteiger partial charge in [-0.05, 0) is 17.7 Å². The maximum absolute atomic E-state index is 12.5. The summed E-state index contributed by atoms with van der Waals surface area (Å²) < 4.78 is 0. The number of carboxylic acid groups (broad SMARTS) is 1. The summed E-state index contributed by atoms with van der Waals surface area (Å²) in [4.78, 5) is 27.9. The second-order valence-corrected chi connectivity index (χ2v) is 6.66. The van der Waals surface area contributed by atoms with Crippen molar-refractivity contribution in [2.45, 2.75) is 24.9 Å². The van der Waals surface area contributed by atoms with Gasteiger partial charge in [0.2, 0.25) is 5.91 Å². The van der Waals surface area contributed by atoms with Crippen molar-refractivity contribution in [1.82, 2.24) is 10.3 Å². The van der Waals surface area contributed by atoms with Crippen molar-refractivity contribution in [3.8, 4) is 0 Å². The lowest BCUT2D eigenvalue weighted by molar-refractivity contribution is -0.137. The van der Waals surface area contributed by atoms with Gasteiger partial charge in [0, 0.05) is 30.1 Å². The molecule has 9 nitrogen and oxygen atoms in total. The van der Waals surface area contributed by atoms with Crippen LogP contribution < -0.4 is 22.2 Å². The lowest BCUT2D eigenvalue weighted by atomic mass is 10.0. The van der Waals surface area contributed by atoms with Gasteiger partial charge in [-0.2, -0.15) is 5.10 Å². The summed E-state index contributed by atoms with van der Waals surface area (Å²) in [5.41, 5.74) is 7.96. The minimum Gasteiger partial charge on any atom is -0.481 e. The molecule has 2 unspecified atom stereocenters. The van der Waals surface area contributed by atoms with Crippen molar-refractivity contribution < 1.29 is 14.7 Å². The van der Waals surface area contributed by atoms with E-state index in [1.54, 1.807) is 30.5 Å². The maximum atomic E-state index is 12.5. The van der Waals surface area contributed by atoms with Crippen LogP contribution >= 0.6 is 12.2 Å². The van der Waals surface area contributed by atoms with Crippen LogP contribution in [0.5, 0.6) is 0 Å². The number of carbonyl (C=O) groups excluding carboxylic acids is 1. The van der Waals surface area contributed by atoms with Crippen molar-refractivity contribution in [1.29, 1.82) is 0 Å². The Morgan fingerprint density at radius 1 is 1.24 bits per heavy atom. The van der Waals surface area contributed by atoms with Crippen LogP contribution in [-0.2, 0) is 9.59 Å². The van der Waals surface area contributed by atoms with Gasteiger partial charge < -0.3 is 27.3 Å². The van der Waals surface area contributed by atoms with Crippen LogP contribution in [0.25, 0.3) is 0 Å². The zero-order valence-electron chi connectivity index (χ0n) is 15.5. The number of hydrazone groups is 1. The number of nitrogens with two attached hydrogens (primary N) is 2. The normalized spacial score (nSPS) is 12.9. The second-order valence-electron chi connectivity index (χ2n) is 6.17. The minimum atomic E-state index is -1.05. The van der Waals surface area contributed by atoms with E-state index >= 15 is 0 Å². The number of aliphatic carboxylic acids is 1. The van der Waals surface area contributed by atoms with Crippen LogP contribution in [0.15, 0.2) is 53.9 Å². The number of aromatic nitrogens is 1. The van der Waals surface area contributed by atoms with Crippen LogP contribution in [0.2, 0.25) is 0 Å². The standard InChI is InChI=1S/C19H22N6O3S/c20-14(8-17(29)24-15-6-2-1-4-13(15)11-23-21)19(28)25-16(9-18(26)27)12-5-3-7-22-10-12/h1-7,10-11,14,16H,8-9,20-21H2,(H,24,29)(H,25,28)(H,26,27). The number of para-hydroxylation sites is 1. The molecule has 0 aliphatic rings. The fourth-order valence-electron chi connectivity index (χ4n) is 2.59. The molecule has 0 saturated heterocycles. The summed E-state index contributed by atoms with van der Waals surface area (Å²) in [5, 5.41) is 18.3. The van der Waals surface area contributed by atoms with Crippen molar-refractivity contribution in [3.63, 3.8) is 0 Å². The Balaban J connectivity index is 2.00. The van der Waals surface area contributed by atoms with Crippen LogP contribution in [0.3, 0.4) is 0 Å². The first kappa shape index (κ1) is 21.9. The molecule has 2 rings (SSSR count). The summed E-state index contributed by atoms with van der Waals surface area (Å²) in [5.74, 6) is 3.63. The molecular formula is C19H22N6O3S. The van der Waals surface area contributed by atoms with Gasteiger partial charge in [-0.3, -0.25) is 14.6 Å². The first-order valence-corrected chi connectivity index (χ1v) is 9.11. The van der Waals surface area contributed by atoms with Gasteiger partial charge in [-0.25, -0.2) is 0 Å². The number of carbonyl (C=O) groups is 2. The number of benzene rings is 1. The topological polar surface area (TPSA) is 156 Å². The first-order chi connectivity index (χ1) is 13.9. The number of carboxylic acids is 1. The number of amides is 1. The van der Waals surface area contributed by atoms with Crippen molar-refractivity contribution in [3.05, 3.63) is 59.9 Å². The summed E-state index contributed by atoms with van der Waals surface area (Å²) in [6.45, 7) is 0. The number of rotatable bonds is 9. The van der Waals surface area contributed by atoms with E-state index in [4.69, 9.17) is 28.9 Å². The van der Waals surface area contributed by atoms with Gasteiger partial charge in [-0.15, -0.1) is 0 Å². The smallest absolute Gasteiger partial charge is 0.305 e. The molecule has 1 amide bonds. The van der Waals surface area contributed by atoms with Crippen LogP contribution in [-0.4, -0.2) is 39.2 Å². The van der Waals surface area contributed by atoms with E-state index in [-0.39, 0.29) is 12.8 Å². The third-order valence-corrected chi connectivity index (χ3v) is 4.24. The molecule has 0 bridgehead atoms. The monoisotopic (exact) mass is 414 g/mol. The molecular weight excluding hydrogens is 392 g/mol. The fourth-order valence-corrected chi connectivity index (χ4v) is 2.87. The highest BCUT2D eigenvalue weighted by Gasteiger charge is 2.22. The SMILES string of the molecule is NN=Cc1ccccc1NC(=S)CC(N)C(=O)NC(CC(=O)O)c1cccnc1. The Morgan fingerprint density at radius 2 is 2.00 bits per heavy atom. The average molecular weight is 414 g/mol. The molecule has 1 aromatic carbocycles. The molecule has 2 atom stereocenters. The zero-order valence-corrected chi connectivity index (χ0v) is 16.3. The predicted octanol–water partition coefficient (Wildman–Crippen LogP) is 1.16. The van der Waals surface area contributed by atoms with E-state index in [1.807, 2.05) is 12.1 Å². The average Bonchev–Trinajstić information content (AvgIpc) is 2.69. The number of nitrogens with one attached hydrogen (secondary N) is 2.